The van der Waals surface area contributed by atoms with Crippen LogP contribution in [0.4, 0.5) is 5.69 Å². The normalized spacial score (nSPS) is 14.0. The highest BCUT2D eigenvalue weighted by atomic mass is 16.4. The summed E-state index contributed by atoms with van der Waals surface area (Å²) < 4.78 is 0. The van der Waals surface area contributed by atoms with Crippen LogP contribution in [0.15, 0.2) is 42.0 Å². The van der Waals surface area contributed by atoms with Crippen LogP contribution in [0.1, 0.15) is 15.9 Å². The average molecular weight is 311 g/mol. The lowest BCUT2D eigenvalue weighted by atomic mass is 9.98. The highest BCUT2D eigenvalue weighted by Crippen LogP contribution is 2.37. The van der Waals surface area contributed by atoms with Crippen LogP contribution in [0, 0.1) is 0 Å². The van der Waals surface area contributed by atoms with E-state index in [4.69, 9.17) is 10.8 Å². The zero-order valence-corrected chi connectivity index (χ0v) is 12.3. The van der Waals surface area contributed by atoms with Crippen LogP contribution in [0.2, 0.25) is 0 Å². The molecule has 6 nitrogen and oxygen atoms in total. The Morgan fingerprint density at radius 2 is 1.91 bits per heavy atom. The molecule has 0 bridgehead atoms. The number of hydrogen-bond donors (Lipinski definition) is 5. The number of nitrogen functional groups attached to an aromatic ring is 1. The molecule has 0 unspecified atom stereocenters. The summed E-state index contributed by atoms with van der Waals surface area (Å²) >= 11 is 0. The van der Waals surface area contributed by atoms with Crippen LogP contribution in [0.3, 0.4) is 0 Å². The summed E-state index contributed by atoms with van der Waals surface area (Å²) in [5, 5.41) is 19.5. The predicted octanol–water partition coefficient (Wildman–Crippen LogP) is 1.83. The Kier molecular flexibility index (Phi) is 4.01. The van der Waals surface area contributed by atoms with E-state index in [2.05, 4.69) is 10.9 Å². The third-order valence-corrected chi connectivity index (χ3v) is 3.79. The molecule has 0 aliphatic carbocycles. The maximum Gasteiger partial charge on any atom is 0.335 e. The van der Waals surface area contributed by atoms with Crippen molar-refractivity contribution in [2.45, 2.75) is 0 Å². The van der Waals surface area contributed by atoms with Crippen LogP contribution in [-0.2, 0) is 0 Å². The molecular formula is C17H17N3O3. The van der Waals surface area contributed by atoms with Gasteiger partial charge in [-0.25, -0.2) is 4.79 Å². The van der Waals surface area contributed by atoms with E-state index in [0.29, 0.717) is 11.1 Å². The van der Waals surface area contributed by atoms with Crippen molar-refractivity contribution in [1.29, 1.82) is 0 Å². The Labute approximate surface area is 133 Å². The standard InChI is InChI=1S/C17H17N3O3/c18-15-12(6-10-8-19-20-9-10)4-5-14(16(15)21)11-2-1-3-13(7-11)17(22)23/h1-7,19-21H,8-9,18H2,(H,22,23). The van der Waals surface area contributed by atoms with E-state index in [1.807, 2.05) is 12.1 Å². The highest BCUT2D eigenvalue weighted by molar-refractivity contribution is 5.91. The van der Waals surface area contributed by atoms with Gasteiger partial charge in [0.2, 0.25) is 0 Å². The number of carbonyl (C=O) groups is 1. The Balaban J connectivity index is 2.01. The lowest BCUT2D eigenvalue weighted by Crippen LogP contribution is -2.21. The average Bonchev–Trinajstić information content (AvgIpc) is 3.05. The number of aromatic hydroxyl groups is 1. The fraction of sp³-hybridized carbons (Fsp3) is 0.118. The second-order valence-corrected chi connectivity index (χ2v) is 5.36. The van der Waals surface area contributed by atoms with Gasteiger partial charge in [0, 0.05) is 24.2 Å². The quantitative estimate of drug-likeness (QED) is 0.437. The van der Waals surface area contributed by atoms with Crippen molar-refractivity contribution >= 4 is 17.7 Å². The van der Waals surface area contributed by atoms with Gasteiger partial charge in [-0.15, -0.1) is 0 Å². The second-order valence-electron chi connectivity index (χ2n) is 5.36. The van der Waals surface area contributed by atoms with E-state index in [9.17, 15) is 9.90 Å². The Bertz CT molecular complexity index is 792. The zero-order valence-electron chi connectivity index (χ0n) is 12.3. The summed E-state index contributed by atoms with van der Waals surface area (Å²) in [5.41, 5.74) is 15.5. The fourth-order valence-electron chi connectivity index (χ4n) is 2.54. The summed E-state index contributed by atoms with van der Waals surface area (Å²) in [6, 6.07) is 9.97. The molecule has 0 saturated carbocycles. The second kappa shape index (κ2) is 6.12. The third kappa shape index (κ3) is 3.03. The number of benzene rings is 2. The molecule has 23 heavy (non-hydrogen) atoms. The van der Waals surface area contributed by atoms with Gasteiger partial charge in [0.05, 0.1) is 11.3 Å². The SMILES string of the molecule is Nc1c(C=C2CNNC2)ccc(-c2cccc(C(=O)O)c2)c1O. The molecule has 6 N–H and O–H groups in total. The first-order valence-electron chi connectivity index (χ1n) is 7.16. The van der Waals surface area contributed by atoms with Gasteiger partial charge in [-0.05, 0) is 29.3 Å². The number of carboxylic acids is 1. The summed E-state index contributed by atoms with van der Waals surface area (Å²) in [6.07, 6.45) is 1.93. The predicted molar refractivity (Wildman–Crippen MR) is 88.9 cm³/mol. The topological polar surface area (TPSA) is 108 Å². The van der Waals surface area contributed by atoms with Gasteiger partial charge < -0.3 is 15.9 Å². The molecule has 0 radical (unpaired) electrons. The van der Waals surface area contributed by atoms with Crippen molar-refractivity contribution < 1.29 is 15.0 Å². The van der Waals surface area contributed by atoms with E-state index in [-0.39, 0.29) is 17.0 Å². The molecular weight excluding hydrogens is 294 g/mol. The van der Waals surface area contributed by atoms with Crippen LogP contribution in [0.5, 0.6) is 5.75 Å². The molecule has 0 aromatic heterocycles. The maximum absolute atomic E-state index is 11.1. The lowest BCUT2D eigenvalue weighted by Gasteiger charge is -2.11. The third-order valence-electron chi connectivity index (χ3n) is 3.79. The van der Waals surface area contributed by atoms with Gasteiger partial charge in [-0.2, -0.15) is 0 Å². The largest absolute Gasteiger partial charge is 0.505 e. The highest BCUT2D eigenvalue weighted by Gasteiger charge is 2.13. The van der Waals surface area contributed by atoms with Gasteiger partial charge in [0.1, 0.15) is 5.75 Å². The first kappa shape index (κ1) is 15.1. The Hall–Kier alpha value is -2.83. The molecule has 1 heterocycles. The van der Waals surface area contributed by atoms with E-state index in [1.54, 1.807) is 18.2 Å². The number of nitrogens with two attached hydrogens (primary N) is 1. The monoisotopic (exact) mass is 311 g/mol. The molecule has 1 saturated heterocycles. The molecule has 3 rings (SSSR count). The van der Waals surface area contributed by atoms with E-state index in [1.165, 1.54) is 12.1 Å². The minimum absolute atomic E-state index is 0.0409. The van der Waals surface area contributed by atoms with E-state index < -0.39 is 5.97 Å². The van der Waals surface area contributed by atoms with Crippen molar-refractivity contribution in [3.8, 4) is 16.9 Å². The number of aromatic carboxylic acids is 1. The number of phenolic OH excluding ortho intramolecular Hbond substituents is 1. The zero-order chi connectivity index (χ0) is 16.4. The van der Waals surface area contributed by atoms with Crippen molar-refractivity contribution in [3.63, 3.8) is 0 Å². The number of anilines is 1. The Morgan fingerprint density at radius 3 is 2.61 bits per heavy atom. The molecule has 2 aromatic carbocycles. The van der Waals surface area contributed by atoms with Crippen LogP contribution < -0.4 is 16.6 Å². The number of hydrazine groups is 1. The molecule has 1 aliphatic heterocycles. The molecule has 0 spiro atoms. The van der Waals surface area contributed by atoms with E-state index >= 15 is 0 Å². The van der Waals surface area contributed by atoms with Gasteiger partial charge in [0.25, 0.3) is 0 Å². The summed E-state index contributed by atoms with van der Waals surface area (Å²) in [4.78, 5) is 11.1. The van der Waals surface area contributed by atoms with Crippen molar-refractivity contribution in [2.24, 2.45) is 0 Å². The molecule has 0 atom stereocenters. The van der Waals surface area contributed by atoms with Gasteiger partial charge in [-0.3, -0.25) is 10.9 Å². The summed E-state index contributed by atoms with van der Waals surface area (Å²) in [7, 11) is 0. The number of hydrogen-bond acceptors (Lipinski definition) is 5. The molecule has 2 aromatic rings. The molecule has 1 fully saturated rings. The van der Waals surface area contributed by atoms with Crippen molar-refractivity contribution in [2.75, 3.05) is 18.8 Å². The van der Waals surface area contributed by atoms with Crippen LogP contribution in [0.25, 0.3) is 17.2 Å². The van der Waals surface area contributed by atoms with Crippen molar-refractivity contribution in [3.05, 3.63) is 53.1 Å². The van der Waals surface area contributed by atoms with Crippen LogP contribution >= 0.6 is 0 Å². The van der Waals surface area contributed by atoms with Crippen LogP contribution in [-0.4, -0.2) is 29.3 Å². The minimum Gasteiger partial charge on any atom is -0.505 e. The number of nitrogens with one attached hydrogen (secondary N) is 2. The summed E-state index contributed by atoms with van der Waals surface area (Å²) in [6.45, 7) is 1.45. The number of phenols is 1. The van der Waals surface area contributed by atoms with Gasteiger partial charge in [-0.1, -0.05) is 24.3 Å². The first-order valence-corrected chi connectivity index (χ1v) is 7.16. The molecule has 0 amide bonds. The number of rotatable bonds is 3. The van der Waals surface area contributed by atoms with E-state index in [0.717, 1.165) is 24.2 Å². The molecule has 118 valence electrons. The maximum atomic E-state index is 11.1. The minimum atomic E-state index is -1.01. The first-order chi connectivity index (χ1) is 11.1. The van der Waals surface area contributed by atoms with Gasteiger partial charge >= 0.3 is 5.97 Å². The Morgan fingerprint density at radius 1 is 1.17 bits per heavy atom. The molecule has 1 aliphatic rings. The van der Waals surface area contributed by atoms with Crippen molar-refractivity contribution in [1.82, 2.24) is 10.9 Å². The lowest BCUT2D eigenvalue weighted by molar-refractivity contribution is 0.0697. The summed E-state index contributed by atoms with van der Waals surface area (Å²) in [5.74, 6) is -1.05. The molecule has 6 heteroatoms. The van der Waals surface area contributed by atoms with Gasteiger partial charge in [0.15, 0.2) is 0 Å². The smallest absolute Gasteiger partial charge is 0.335 e. The number of carboxylic acid groups (broad SMARTS) is 1. The fourth-order valence-corrected chi connectivity index (χ4v) is 2.54.